The number of carbonyl (C=O) groups is 1. The molecule has 4 rings (SSSR count). The van der Waals surface area contributed by atoms with E-state index in [1.54, 1.807) is 25.3 Å². The summed E-state index contributed by atoms with van der Waals surface area (Å²) < 4.78 is 8.07. The molecule has 0 unspecified atom stereocenters. The number of ether oxygens (including phenoxy) is 1. The summed E-state index contributed by atoms with van der Waals surface area (Å²) in [5.74, 6) is 2.51. The quantitative estimate of drug-likeness (QED) is 0.384. The van der Waals surface area contributed by atoms with E-state index >= 15 is 0 Å². The lowest BCUT2D eigenvalue weighted by Gasteiger charge is -2.10. The lowest BCUT2D eigenvalue weighted by atomic mass is 10.1. The molecule has 0 atom stereocenters. The molecule has 5 nitrogen and oxygen atoms in total. The first-order chi connectivity index (χ1) is 13.2. The van der Waals surface area contributed by atoms with Gasteiger partial charge in [0.1, 0.15) is 11.6 Å². The van der Waals surface area contributed by atoms with E-state index in [0.29, 0.717) is 23.0 Å². The fourth-order valence-corrected chi connectivity index (χ4v) is 4.25. The molecule has 7 heteroatoms. The highest BCUT2D eigenvalue weighted by molar-refractivity contribution is 9.10. The Balaban J connectivity index is 1.55. The minimum absolute atomic E-state index is 0.0407. The van der Waals surface area contributed by atoms with E-state index in [1.807, 2.05) is 30.3 Å². The van der Waals surface area contributed by atoms with E-state index in [1.165, 1.54) is 11.8 Å². The van der Waals surface area contributed by atoms with Crippen LogP contribution in [0.5, 0.6) is 5.75 Å². The van der Waals surface area contributed by atoms with Crippen LogP contribution in [0.1, 0.15) is 34.9 Å². The molecule has 1 aromatic heterocycles. The van der Waals surface area contributed by atoms with E-state index in [-0.39, 0.29) is 5.78 Å². The maximum atomic E-state index is 12.6. The minimum atomic E-state index is 0.0407. The van der Waals surface area contributed by atoms with Gasteiger partial charge in [0.15, 0.2) is 10.9 Å². The number of carbonyl (C=O) groups excluding carboxylic acids is 1. The highest BCUT2D eigenvalue weighted by Gasteiger charge is 2.31. The summed E-state index contributed by atoms with van der Waals surface area (Å²) in [5.41, 5.74) is 1.68. The lowest BCUT2D eigenvalue weighted by Crippen LogP contribution is -2.06. The number of aromatic nitrogens is 3. The summed E-state index contributed by atoms with van der Waals surface area (Å²) in [6.07, 6.45) is 2.29. The summed E-state index contributed by atoms with van der Waals surface area (Å²) in [6.45, 7) is 0. The third kappa shape index (κ3) is 3.94. The van der Waals surface area contributed by atoms with Gasteiger partial charge >= 0.3 is 0 Å². The molecule has 0 saturated heterocycles. The second kappa shape index (κ2) is 7.86. The standard InChI is InChI=1S/C20H18BrN3O2S/c1-26-18-10-9-14(11-16(18)21)17(25)12-27-20-23-22-19(13-7-8-13)24(20)15-5-3-2-4-6-15/h2-6,9-11,13H,7-8,12H2,1H3. The number of methoxy groups -OCH3 is 1. The Bertz CT molecular complexity index is 971. The molecular formula is C20H18BrN3O2S. The van der Waals surface area contributed by atoms with E-state index in [4.69, 9.17) is 4.74 Å². The summed E-state index contributed by atoms with van der Waals surface area (Å²) in [7, 11) is 1.60. The van der Waals surface area contributed by atoms with Crippen molar-refractivity contribution in [2.45, 2.75) is 23.9 Å². The van der Waals surface area contributed by atoms with Gasteiger partial charge in [0.05, 0.1) is 17.3 Å². The Morgan fingerprint density at radius 2 is 2.00 bits per heavy atom. The van der Waals surface area contributed by atoms with Crippen molar-refractivity contribution in [1.82, 2.24) is 14.8 Å². The van der Waals surface area contributed by atoms with Crippen molar-refractivity contribution in [2.75, 3.05) is 12.9 Å². The summed E-state index contributed by atoms with van der Waals surface area (Å²) in [5, 5.41) is 9.51. The van der Waals surface area contributed by atoms with Crippen LogP contribution >= 0.6 is 27.7 Å². The van der Waals surface area contributed by atoms with Crippen LogP contribution in [-0.4, -0.2) is 33.4 Å². The van der Waals surface area contributed by atoms with Gasteiger partial charge in [-0.15, -0.1) is 10.2 Å². The molecule has 1 saturated carbocycles. The van der Waals surface area contributed by atoms with Crippen molar-refractivity contribution in [3.63, 3.8) is 0 Å². The number of Topliss-reactive ketones (excluding diaryl/α,β-unsaturated/α-hetero) is 1. The smallest absolute Gasteiger partial charge is 0.196 e. The monoisotopic (exact) mass is 443 g/mol. The van der Waals surface area contributed by atoms with Crippen molar-refractivity contribution in [3.05, 3.63) is 64.4 Å². The minimum Gasteiger partial charge on any atom is -0.496 e. The van der Waals surface area contributed by atoms with E-state index in [9.17, 15) is 4.79 Å². The van der Waals surface area contributed by atoms with Crippen molar-refractivity contribution in [2.24, 2.45) is 0 Å². The Hall–Kier alpha value is -2.12. The van der Waals surface area contributed by atoms with Gasteiger partial charge in [-0.2, -0.15) is 0 Å². The molecule has 0 spiro atoms. The molecule has 1 heterocycles. The second-order valence-corrected chi connectivity index (χ2v) is 8.14. The topological polar surface area (TPSA) is 57.0 Å². The Labute approximate surface area is 170 Å². The predicted molar refractivity (Wildman–Crippen MR) is 109 cm³/mol. The number of thioether (sulfide) groups is 1. The van der Waals surface area contributed by atoms with Gasteiger partial charge in [-0.1, -0.05) is 30.0 Å². The van der Waals surface area contributed by atoms with E-state index < -0.39 is 0 Å². The normalized spacial score (nSPS) is 13.6. The first-order valence-corrected chi connectivity index (χ1v) is 10.5. The molecule has 0 amide bonds. The van der Waals surface area contributed by atoms with Gasteiger partial charge in [-0.3, -0.25) is 9.36 Å². The van der Waals surface area contributed by atoms with Gasteiger partial charge in [0.25, 0.3) is 0 Å². The Morgan fingerprint density at radius 1 is 1.22 bits per heavy atom. The van der Waals surface area contributed by atoms with Crippen LogP contribution in [0.2, 0.25) is 0 Å². The third-order valence-corrected chi connectivity index (χ3v) is 5.97. The molecule has 1 aliphatic rings. The van der Waals surface area contributed by atoms with Crippen LogP contribution in [0.4, 0.5) is 0 Å². The average molecular weight is 444 g/mol. The maximum Gasteiger partial charge on any atom is 0.196 e. The summed E-state index contributed by atoms with van der Waals surface area (Å²) in [4.78, 5) is 12.6. The van der Waals surface area contributed by atoms with Crippen molar-refractivity contribution in [3.8, 4) is 11.4 Å². The number of ketones is 1. The van der Waals surface area contributed by atoms with Crippen molar-refractivity contribution < 1.29 is 9.53 Å². The fraction of sp³-hybridized carbons (Fsp3) is 0.250. The number of hydrogen-bond acceptors (Lipinski definition) is 5. The molecule has 1 aliphatic carbocycles. The van der Waals surface area contributed by atoms with E-state index in [0.717, 1.165) is 34.0 Å². The van der Waals surface area contributed by atoms with Crippen LogP contribution in [0.15, 0.2) is 58.2 Å². The molecule has 0 N–H and O–H groups in total. The van der Waals surface area contributed by atoms with Crippen LogP contribution in [0.3, 0.4) is 0 Å². The Kier molecular flexibility index (Phi) is 5.31. The van der Waals surface area contributed by atoms with Gasteiger partial charge < -0.3 is 4.74 Å². The number of rotatable bonds is 7. The lowest BCUT2D eigenvalue weighted by molar-refractivity contribution is 0.102. The summed E-state index contributed by atoms with van der Waals surface area (Å²) >= 11 is 4.85. The van der Waals surface area contributed by atoms with Crippen LogP contribution in [0.25, 0.3) is 5.69 Å². The molecule has 3 aromatic rings. The number of hydrogen-bond donors (Lipinski definition) is 0. The molecule has 2 aromatic carbocycles. The first kappa shape index (κ1) is 18.3. The molecule has 138 valence electrons. The SMILES string of the molecule is COc1ccc(C(=O)CSc2nnc(C3CC3)n2-c2ccccc2)cc1Br. The molecule has 27 heavy (non-hydrogen) atoms. The zero-order chi connectivity index (χ0) is 18.8. The third-order valence-electron chi connectivity index (χ3n) is 4.42. The zero-order valence-corrected chi connectivity index (χ0v) is 17.2. The van der Waals surface area contributed by atoms with Gasteiger partial charge in [0, 0.05) is 17.2 Å². The molecule has 1 fully saturated rings. The van der Waals surface area contributed by atoms with Crippen LogP contribution < -0.4 is 4.74 Å². The number of para-hydroxylation sites is 1. The molecule has 0 bridgehead atoms. The highest BCUT2D eigenvalue weighted by atomic mass is 79.9. The zero-order valence-electron chi connectivity index (χ0n) is 14.8. The largest absolute Gasteiger partial charge is 0.496 e. The second-order valence-electron chi connectivity index (χ2n) is 6.35. The van der Waals surface area contributed by atoms with Crippen LogP contribution in [0, 0.1) is 0 Å². The number of nitrogens with zero attached hydrogens (tertiary/aromatic N) is 3. The maximum absolute atomic E-state index is 12.6. The summed E-state index contributed by atoms with van der Waals surface area (Å²) in [6, 6.07) is 15.4. The Morgan fingerprint density at radius 3 is 2.67 bits per heavy atom. The van der Waals surface area contributed by atoms with Crippen molar-refractivity contribution >= 4 is 33.5 Å². The van der Waals surface area contributed by atoms with Gasteiger partial charge in [0.2, 0.25) is 0 Å². The fourth-order valence-electron chi connectivity index (χ4n) is 2.85. The van der Waals surface area contributed by atoms with E-state index in [2.05, 4.69) is 30.7 Å². The van der Waals surface area contributed by atoms with Crippen LogP contribution in [-0.2, 0) is 0 Å². The first-order valence-electron chi connectivity index (χ1n) is 8.67. The van der Waals surface area contributed by atoms with Crippen molar-refractivity contribution in [1.29, 1.82) is 0 Å². The van der Waals surface area contributed by atoms with Gasteiger partial charge in [-0.25, -0.2) is 0 Å². The number of halogens is 1. The molecule has 0 aliphatic heterocycles. The van der Waals surface area contributed by atoms with Gasteiger partial charge in [-0.05, 0) is 59.1 Å². The average Bonchev–Trinajstić information content (AvgIpc) is 3.46. The number of benzene rings is 2. The predicted octanol–water partition coefficient (Wildman–Crippen LogP) is 4.89. The molecule has 0 radical (unpaired) electrons. The highest BCUT2D eigenvalue weighted by Crippen LogP contribution is 2.41. The molecular weight excluding hydrogens is 426 g/mol.